The number of rotatable bonds is 5. The van der Waals surface area contributed by atoms with Gasteiger partial charge in [-0.25, -0.2) is 0 Å². The lowest BCUT2D eigenvalue weighted by molar-refractivity contribution is 0.632. The molecule has 8 aromatic carbocycles. The first-order chi connectivity index (χ1) is 26.0. The van der Waals surface area contributed by atoms with E-state index in [1.54, 1.807) is 0 Å². The highest BCUT2D eigenvalue weighted by Gasteiger charge is 2.37. The zero-order valence-corrected chi connectivity index (χ0v) is 30.6. The normalized spacial score (nSPS) is 13.2. The first kappa shape index (κ1) is 31.5. The Balaban J connectivity index is 1.10. The molecule has 53 heavy (non-hydrogen) atoms. The molecule has 0 amide bonds. The van der Waals surface area contributed by atoms with Gasteiger partial charge in [0.15, 0.2) is 0 Å². The van der Waals surface area contributed by atoms with Crippen molar-refractivity contribution in [1.29, 1.82) is 0 Å². The van der Waals surface area contributed by atoms with Gasteiger partial charge in [0.05, 0.1) is 11.4 Å². The highest BCUT2D eigenvalue weighted by molar-refractivity contribution is 7.25. The fourth-order valence-electron chi connectivity index (χ4n) is 8.25. The number of thiophene rings is 1. The second-order valence-electron chi connectivity index (χ2n) is 14.6. The molecule has 2 heterocycles. The molecule has 1 aliphatic heterocycles. The Kier molecular flexibility index (Phi) is 7.42. The van der Waals surface area contributed by atoms with Gasteiger partial charge in [0.2, 0.25) is 0 Å². The van der Waals surface area contributed by atoms with Gasteiger partial charge in [0.25, 0.3) is 0 Å². The number of hydrogen-bond acceptors (Lipinski definition) is 2. The Bertz CT molecular complexity index is 2720. The maximum absolute atomic E-state index is 2.47. The summed E-state index contributed by atoms with van der Waals surface area (Å²) in [5.41, 5.74) is 15.8. The Morgan fingerprint density at radius 1 is 0.358 bits per heavy atom. The average molecular weight is 696 g/mol. The topological polar surface area (TPSA) is 3.24 Å². The molecule has 0 bridgehead atoms. The molecule has 0 N–H and O–H groups in total. The van der Waals surface area contributed by atoms with Crippen molar-refractivity contribution in [3.63, 3.8) is 0 Å². The fraction of sp³-hybridized carbons (Fsp3) is 0.0588. The second-order valence-corrected chi connectivity index (χ2v) is 15.7. The minimum absolute atomic E-state index is 0.225. The third-order valence-electron chi connectivity index (χ3n) is 11.0. The lowest BCUT2D eigenvalue weighted by Gasteiger charge is -2.42. The van der Waals surface area contributed by atoms with Crippen LogP contribution in [-0.2, 0) is 5.41 Å². The van der Waals surface area contributed by atoms with Gasteiger partial charge < -0.3 is 4.90 Å². The van der Waals surface area contributed by atoms with Crippen molar-refractivity contribution >= 4 is 48.6 Å². The molecule has 1 aliphatic rings. The van der Waals surface area contributed by atoms with Gasteiger partial charge in [-0.05, 0) is 116 Å². The predicted octanol–water partition coefficient (Wildman–Crippen LogP) is 14.8. The van der Waals surface area contributed by atoms with E-state index in [1.807, 2.05) is 11.3 Å². The number of benzene rings is 8. The van der Waals surface area contributed by atoms with Crippen molar-refractivity contribution in [2.75, 3.05) is 4.90 Å². The first-order valence-corrected chi connectivity index (χ1v) is 19.2. The lowest BCUT2D eigenvalue weighted by atomic mass is 9.72. The minimum atomic E-state index is -0.225. The molecular formula is C51H37NS. The summed E-state index contributed by atoms with van der Waals surface area (Å²) in [6.07, 6.45) is 0. The van der Waals surface area contributed by atoms with E-state index in [0.29, 0.717) is 0 Å². The van der Waals surface area contributed by atoms with Crippen LogP contribution in [0.3, 0.4) is 0 Å². The molecule has 0 unspecified atom stereocenters. The lowest BCUT2D eigenvalue weighted by Crippen LogP contribution is -2.30. The molecule has 0 atom stereocenters. The van der Waals surface area contributed by atoms with Crippen LogP contribution in [0, 0.1) is 0 Å². The van der Waals surface area contributed by atoms with Crippen molar-refractivity contribution in [1.82, 2.24) is 0 Å². The summed E-state index contributed by atoms with van der Waals surface area (Å²) >= 11 is 1.87. The number of nitrogens with zero attached hydrogens (tertiary/aromatic N) is 1. The van der Waals surface area contributed by atoms with E-state index in [4.69, 9.17) is 0 Å². The number of hydrogen-bond donors (Lipinski definition) is 0. The van der Waals surface area contributed by atoms with Crippen LogP contribution < -0.4 is 4.90 Å². The van der Waals surface area contributed by atoms with Gasteiger partial charge in [0.1, 0.15) is 0 Å². The molecule has 0 saturated heterocycles. The summed E-state index contributed by atoms with van der Waals surface area (Å²) in [6, 6.07) is 69.2. The highest BCUT2D eigenvalue weighted by Crippen LogP contribution is 2.53. The maximum Gasteiger partial charge on any atom is 0.0503 e. The van der Waals surface area contributed by atoms with E-state index in [1.165, 1.54) is 87.2 Å². The third kappa shape index (κ3) is 5.37. The molecule has 10 rings (SSSR count). The Morgan fingerprint density at radius 2 is 0.830 bits per heavy atom. The standard InChI is InChI=1S/C51H37NS/c1-51(2)45-32-40(34-13-5-3-6-14-34)23-26-47(45)52(48-27-24-41(33-46(48)51)35-15-7-4-8-16-35)42-20-12-19-38(30-42)36-17-11-18-37(29-36)39-25-28-50-44(31-39)43-21-9-10-22-49(43)53-50/h3-33H,1-2H3. The Labute approximate surface area is 315 Å². The van der Waals surface area contributed by atoms with Gasteiger partial charge >= 0.3 is 0 Å². The molecular weight excluding hydrogens is 659 g/mol. The van der Waals surface area contributed by atoms with Crippen molar-refractivity contribution in [2.45, 2.75) is 19.3 Å². The maximum atomic E-state index is 2.47. The predicted molar refractivity (Wildman–Crippen MR) is 228 cm³/mol. The zero-order valence-electron chi connectivity index (χ0n) is 29.8. The average Bonchev–Trinajstić information content (AvgIpc) is 3.60. The van der Waals surface area contributed by atoms with E-state index >= 15 is 0 Å². The molecule has 9 aromatic rings. The molecule has 1 aromatic heterocycles. The van der Waals surface area contributed by atoms with E-state index in [9.17, 15) is 0 Å². The van der Waals surface area contributed by atoms with Crippen LogP contribution in [-0.4, -0.2) is 0 Å². The summed E-state index contributed by atoms with van der Waals surface area (Å²) in [4.78, 5) is 2.47. The largest absolute Gasteiger partial charge is 0.310 e. The van der Waals surface area contributed by atoms with E-state index in [-0.39, 0.29) is 5.41 Å². The van der Waals surface area contributed by atoms with Gasteiger partial charge in [-0.2, -0.15) is 0 Å². The van der Waals surface area contributed by atoms with Crippen LogP contribution in [0.25, 0.3) is 64.7 Å². The van der Waals surface area contributed by atoms with Crippen molar-refractivity contribution in [2.24, 2.45) is 0 Å². The van der Waals surface area contributed by atoms with Gasteiger partial charge in [-0.1, -0.05) is 141 Å². The Morgan fingerprint density at radius 3 is 1.47 bits per heavy atom. The third-order valence-corrected chi connectivity index (χ3v) is 12.2. The van der Waals surface area contributed by atoms with Crippen molar-refractivity contribution in [3.8, 4) is 44.5 Å². The second kappa shape index (κ2) is 12.5. The summed E-state index contributed by atoms with van der Waals surface area (Å²) in [5, 5.41) is 2.65. The summed E-state index contributed by atoms with van der Waals surface area (Å²) in [5.74, 6) is 0. The molecule has 0 spiro atoms. The molecule has 252 valence electrons. The first-order valence-electron chi connectivity index (χ1n) is 18.3. The molecule has 2 heteroatoms. The van der Waals surface area contributed by atoms with Crippen molar-refractivity contribution in [3.05, 3.63) is 199 Å². The zero-order chi connectivity index (χ0) is 35.5. The smallest absolute Gasteiger partial charge is 0.0503 e. The van der Waals surface area contributed by atoms with Gasteiger partial charge in [-0.3, -0.25) is 0 Å². The monoisotopic (exact) mass is 695 g/mol. The molecule has 0 radical (unpaired) electrons. The highest BCUT2D eigenvalue weighted by atomic mass is 32.1. The van der Waals surface area contributed by atoms with Crippen LogP contribution in [0.4, 0.5) is 17.1 Å². The van der Waals surface area contributed by atoms with Crippen LogP contribution in [0.2, 0.25) is 0 Å². The molecule has 0 saturated carbocycles. The number of fused-ring (bicyclic) bond motifs is 5. The summed E-state index contributed by atoms with van der Waals surface area (Å²) in [6.45, 7) is 4.76. The van der Waals surface area contributed by atoms with E-state index < -0.39 is 0 Å². The quantitative estimate of drug-likeness (QED) is 0.173. The molecule has 0 fully saturated rings. The van der Waals surface area contributed by atoms with Gasteiger partial charge in [0, 0.05) is 31.3 Å². The SMILES string of the molecule is CC1(C)c2cc(-c3ccccc3)ccc2N(c2cccc(-c3cccc(-c4ccc5sc6ccccc6c5c4)c3)c2)c2ccc(-c3ccccc3)cc21. The summed E-state index contributed by atoms with van der Waals surface area (Å²) < 4.78 is 2.66. The van der Waals surface area contributed by atoms with Crippen LogP contribution >= 0.6 is 11.3 Å². The Hall–Kier alpha value is -6.22. The number of anilines is 3. The van der Waals surface area contributed by atoms with Gasteiger partial charge in [-0.15, -0.1) is 11.3 Å². The van der Waals surface area contributed by atoms with E-state index in [0.717, 1.165) is 5.69 Å². The van der Waals surface area contributed by atoms with Crippen molar-refractivity contribution < 1.29 is 0 Å². The van der Waals surface area contributed by atoms with E-state index in [2.05, 4.69) is 207 Å². The van der Waals surface area contributed by atoms with Crippen LogP contribution in [0.1, 0.15) is 25.0 Å². The van der Waals surface area contributed by atoms with Crippen LogP contribution in [0.15, 0.2) is 188 Å². The molecule has 0 aliphatic carbocycles. The fourth-order valence-corrected chi connectivity index (χ4v) is 9.33. The van der Waals surface area contributed by atoms with Crippen LogP contribution in [0.5, 0.6) is 0 Å². The molecule has 1 nitrogen and oxygen atoms in total. The summed E-state index contributed by atoms with van der Waals surface area (Å²) in [7, 11) is 0. The minimum Gasteiger partial charge on any atom is -0.310 e.